The average molecular weight is 549 g/mol. The summed E-state index contributed by atoms with van der Waals surface area (Å²) in [7, 11) is 0. The van der Waals surface area contributed by atoms with Crippen molar-refractivity contribution < 1.29 is 14.4 Å². The number of nitrogens with one attached hydrogen (secondary N) is 1. The van der Waals surface area contributed by atoms with Crippen LogP contribution in [0.25, 0.3) is 11.0 Å². The van der Waals surface area contributed by atoms with E-state index in [0.717, 1.165) is 57.0 Å². The van der Waals surface area contributed by atoms with E-state index in [9.17, 15) is 9.59 Å². The molecule has 0 saturated heterocycles. The lowest BCUT2D eigenvalue weighted by Crippen LogP contribution is -2.41. The van der Waals surface area contributed by atoms with Gasteiger partial charge in [-0.1, -0.05) is 59.0 Å². The van der Waals surface area contributed by atoms with Gasteiger partial charge in [-0.05, 0) is 49.6 Å². The molecular weight excluding hydrogens is 504 g/mol. The molecule has 0 aliphatic heterocycles. The predicted molar refractivity (Wildman–Crippen MR) is 161 cm³/mol. The van der Waals surface area contributed by atoms with Crippen LogP contribution in [0.15, 0.2) is 55.4 Å². The lowest BCUT2D eigenvalue weighted by Gasteiger charge is -2.33. The molecule has 1 aromatic carbocycles. The molecule has 0 spiro atoms. The van der Waals surface area contributed by atoms with E-state index in [1.807, 2.05) is 41.5 Å². The van der Waals surface area contributed by atoms with Crippen LogP contribution in [0.4, 0.5) is 5.95 Å². The number of nitrogens with two attached hydrogens (primary N) is 1. The van der Waals surface area contributed by atoms with Gasteiger partial charge in [0.1, 0.15) is 0 Å². The van der Waals surface area contributed by atoms with Crippen molar-refractivity contribution in [1.82, 2.24) is 19.4 Å². The van der Waals surface area contributed by atoms with Gasteiger partial charge in [0.2, 0.25) is 12.4 Å². The number of hydrogen-bond acceptors (Lipinski definition) is 5. The second kappa shape index (κ2) is 17.6. The van der Waals surface area contributed by atoms with Gasteiger partial charge in [-0.15, -0.1) is 6.58 Å². The van der Waals surface area contributed by atoms with Gasteiger partial charge >= 0.3 is 0 Å². The maximum atomic E-state index is 13.5. The number of anilines is 1. The van der Waals surface area contributed by atoms with E-state index in [1.54, 1.807) is 24.4 Å². The molecule has 216 valence electrons. The summed E-state index contributed by atoms with van der Waals surface area (Å²) in [5, 5.41) is 2.95. The first-order chi connectivity index (χ1) is 19.5. The second-order valence-electron chi connectivity index (χ2n) is 9.37. The van der Waals surface area contributed by atoms with E-state index >= 15 is 0 Å². The maximum Gasteiger partial charge on any atom is 0.259 e. The van der Waals surface area contributed by atoms with Gasteiger partial charge in [0.25, 0.3) is 11.8 Å². The third-order valence-electron chi connectivity index (χ3n) is 6.73. The number of primary amides is 1. The van der Waals surface area contributed by atoms with E-state index in [-0.39, 0.29) is 24.3 Å². The molecule has 0 radical (unpaired) electrons. The molecule has 9 nitrogen and oxygen atoms in total. The Balaban J connectivity index is 0.00000105. The number of nitrogens with zero attached hydrogens (tertiary/aromatic N) is 4. The number of unbranched alkanes of at least 4 members (excludes halogenated alkanes) is 2. The SMILES string of the molecule is C=CCN(C(=O)c1ccc2c(c1)nc(NC(=O)c1cccnc1)n2CCCCC)C1CCCCC1.CC.NC=O. The van der Waals surface area contributed by atoms with E-state index in [0.29, 0.717) is 29.1 Å². The van der Waals surface area contributed by atoms with Crippen molar-refractivity contribution in [2.24, 2.45) is 5.73 Å². The van der Waals surface area contributed by atoms with Gasteiger partial charge in [0.15, 0.2) is 0 Å². The van der Waals surface area contributed by atoms with Crippen molar-refractivity contribution in [3.63, 3.8) is 0 Å². The Morgan fingerprint density at radius 2 is 1.88 bits per heavy atom. The van der Waals surface area contributed by atoms with Crippen LogP contribution in [0, 0.1) is 0 Å². The van der Waals surface area contributed by atoms with E-state index in [4.69, 9.17) is 9.78 Å². The normalized spacial score (nSPS) is 12.8. The van der Waals surface area contributed by atoms with Crippen molar-refractivity contribution in [3.8, 4) is 0 Å². The highest BCUT2D eigenvalue weighted by Crippen LogP contribution is 2.27. The first-order valence-electron chi connectivity index (χ1n) is 14.3. The first kappa shape index (κ1) is 32.2. The number of aromatic nitrogens is 3. The summed E-state index contributed by atoms with van der Waals surface area (Å²) >= 11 is 0. The summed E-state index contributed by atoms with van der Waals surface area (Å²) in [6, 6.07) is 9.40. The Morgan fingerprint density at radius 1 is 1.15 bits per heavy atom. The average Bonchev–Trinajstić information content (AvgIpc) is 3.34. The molecule has 3 N–H and O–H groups in total. The number of fused-ring (bicyclic) bond motifs is 1. The Bertz CT molecular complexity index is 1220. The van der Waals surface area contributed by atoms with Gasteiger partial charge in [0, 0.05) is 37.1 Å². The molecule has 3 aromatic rings. The zero-order valence-electron chi connectivity index (χ0n) is 24.1. The Morgan fingerprint density at radius 3 is 2.50 bits per heavy atom. The second-order valence-corrected chi connectivity index (χ2v) is 9.37. The third-order valence-corrected chi connectivity index (χ3v) is 6.73. The van der Waals surface area contributed by atoms with Gasteiger partial charge in [0.05, 0.1) is 16.6 Å². The lowest BCUT2D eigenvalue weighted by molar-refractivity contribution is -0.106. The predicted octanol–water partition coefficient (Wildman–Crippen LogP) is 5.96. The minimum Gasteiger partial charge on any atom is -0.372 e. The van der Waals surface area contributed by atoms with Crippen LogP contribution in [-0.2, 0) is 11.3 Å². The highest BCUT2D eigenvalue weighted by molar-refractivity contribution is 6.04. The van der Waals surface area contributed by atoms with Gasteiger partial charge in [-0.2, -0.15) is 0 Å². The highest BCUT2D eigenvalue weighted by Gasteiger charge is 2.26. The summed E-state index contributed by atoms with van der Waals surface area (Å²) in [5.74, 6) is 0.251. The number of rotatable bonds is 10. The Labute approximate surface area is 237 Å². The van der Waals surface area contributed by atoms with Gasteiger partial charge < -0.3 is 15.2 Å². The molecule has 4 rings (SSSR count). The molecule has 1 aliphatic rings. The quantitative estimate of drug-likeness (QED) is 0.184. The van der Waals surface area contributed by atoms with Gasteiger partial charge in [-0.3, -0.25) is 24.7 Å². The number of amides is 3. The third kappa shape index (κ3) is 8.76. The largest absolute Gasteiger partial charge is 0.372 e. The number of carbonyl (C=O) groups excluding carboxylic acids is 3. The van der Waals surface area contributed by atoms with Crippen molar-refractivity contribution >= 4 is 35.2 Å². The van der Waals surface area contributed by atoms with E-state index < -0.39 is 0 Å². The van der Waals surface area contributed by atoms with Crippen molar-refractivity contribution in [3.05, 3.63) is 66.5 Å². The zero-order valence-corrected chi connectivity index (χ0v) is 24.1. The summed E-state index contributed by atoms with van der Waals surface area (Å²) in [4.78, 5) is 45.6. The van der Waals surface area contributed by atoms with Crippen molar-refractivity contribution in [1.29, 1.82) is 0 Å². The molecular formula is C31H44N6O3. The van der Waals surface area contributed by atoms with Crippen LogP contribution in [0.5, 0.6) is 0 Å². The molecule has 1 saturated carbocycles. The Kier molecular flexibility index (Phi) is 14.1. The molecule has 0 unspecified atom stereocenters. The number of benzene rings is 1. The molecule has 0 atom stereocenters. The number of aryl methyl sites for hydroxylation is 1. The molecule has 1 fully saturated rings. The van der Waals surface area contributed by atoms with Crippen LogP contribution in [0.3, 0.4) is 0 Å². The topological polar surface area (TPSA) is 123 Å². The fourth-order valence-corrected chi connectivity index (χ4v) is 4.87. The summed E-state index contributed by atoms with van der Waals surface area (Å²) in [5.41, 5.74) is 6.87. The summed E-state index contributed by atoms with van der Waals surface area (Å²) < 4.78 is 2.04. The molecule has 40 heavy (non-hydrogen) atoms. The molecule has 0 bridgehead atoms. The molecule has 9 heteroatoms. The summed E-state index contributed by atoms with van der Waals surface area (Å²) in [6.07, 6.45) is 14.0. The minimum atomic E-state index is -0.254. The highest BCUT2D eigenvalue weighted by atomic mass is 16.2. The number of carbonyl (C=O) groups is 3. The van der Waals surface area contributed by atoms with Crippen molar-refractivity contribution in [2.75, 3.05) is 11.9 Å². The minimum absolute atomic E-state index is 0.0141. The van der Waals surface area contributed by atoms with Crippen molar-refractivity contribution in [2.45, 2.75) is 84.7 Å². The molecule has 1 aliphatic carbocycles. The number of imidazole rings is 1. The lowest BCUT2D eigenvalue weighted by atomic mass is 9.93. The van der Waals surface area contributed by atoms with Crippen LogP contribution in [0.1, 0.15) is 92.9 Å². The monoisotopic (exact) mass is 548 g/mol. The van der Waals surface area contributed by atoms with Crippen LogP contribution >= 0.6 is 0 Å². The standard InChI is InChI=1S/C28H35N5O2.C2H6.CH3NO/c1-3-5-9-18-33-25-15-14-21(27(35)32(17-4-2)23-12-7-6-8-13-23)19-24(25)30-28(33)31-26(34)22-11-10-16-29-20-22;1-2;2-1-3/h4,10-11,14-16,19-20,23H,2-3,5-9,12-13,17-18H2,1H3,(H,30,31,34);1-2H3;1H,(H2,2,3). The molecule has 2 aromatic heterocycles. The molecule has 3 amide bonds. The number of pyridine rings is 1. The van der Waals surface area contributed by atoms with E-state index in [1.165, 1.54) is 12.6 Å². The Hall–Kier alpha value is -4.01. The zero-order chi connectivity index (χ0) is 29.3. The van der Waals surface area contributed by atoms with Crippen LogP contribution in [0.2, 0.25) is 0 Å². The maximum absolute atomic E-state index is 13.5. The fourth-order valence-electron chi connectivity index (χ4n) is 4.87. The smallest absolute Gasteiger partial charge is 0.259 e. The summed E-state index contributed by atoms with van der Waals surface area (Å²) in [6.45, 7) is 11.3. The molecule has 2 heterocycles. The van der Waals surface area contributed by atoms with E-state index in [2.05, 4.69) is 29.5 Å². The fraction of sp³-hybridized carbons (Fsp3) is 0.452. The number of hydrogen-bond donors (Lipinski definition) is 2. The van der Waals surface area contributed by atoms with Crippen LogP contribution in [-0.4, -0.2) is 50.2 Å². The van der Waals surface area contributed by atoms with Gasteiger partial charge in [-0.25, -0.2) is 4.98 Å². The van der Waals surface area contributed by atoms with Crippen LogP contribution < -0.4 is 11.1 Å². The first-order valence-corrected chi connectivity index (χ1v) is 14.3.